The lowest BCUT2D eigenvalue weighted by Gasteiger charge is -2.20. The first kappa shape index (κ1) is 21.5. The smallest absolute Gasteiger partial charge is 0.306 e. The van der Waals surface area contributed by atoms with Crippen molar-refractivity contribution in [1.82, 2.24) is 0 Å². The van der Waals surface area contributed by atoms with Crippen LogP contribution < -0.4 is 0 Å². The minimum Gasteiger partial charge on any atom is -0.466 e. The van der Waals surface area contributed by atoms with Gasteiger partial charge in [0.05, 0.1) is 6.61 Å². The summed E-state index contributed by atoms with van der Waals surface area (Å²) >= 11 is 0. The van der Waals surface area contributed by atoms with E-state index in [0.717, 1.165) is 12.3 Å². The standard InChI is InChI=1S/C20H40O2/c1-6-8-9-10-11-12-13-17(3)14-18(4)15-19(5)16-20(21)22-7-2/h17-19H,6-16H2,1-5H3. The average molecular weight is 313 g/mol. The Morgan fingerprint density at radius 2 is 1.41 bits per heavy atom. The van der Waals surface area contributed by atoms with Crippen molar-refractivity contribution < 1.29 is 9.53 Å². The molecule has 0 aliphatic carbocycles. The predicted molar refractivity (Wildman–Crippen MR) is 96.0 cm³/mol. The Kier molecular flexibility index (Phi) is 13.7. The topological polar surface area (TPSA) is 26.3 Å². The van der Waals surface area contributed by atoms with Gasteiger partial charge in [-0.3, -0.25) is 4.79 Å². The molecule has 2 nitrogen and oxygen atoms in total. The first-order valence-corrected chi connectivity index (χ1v) is 9.65. The fourth-order valence-electron chi connectivity index (χ4n) is 3.45. The molecule has 0 aliphatic heterocycles. The number of carbonyl (C=O) groups is 1. The normalized spacial score (nSPS) is 15.3. The van der Waals surface area contributed by atoms with Gasteiger partial charge in [-0.15, -0.1) is 0 Å². The Bertz CT molecular complexity index is 262. The van der Waals surface area contributed by atoms with Crippen molar-refractivity contribution >= 4 is 5.97 Å². The summed E-state index contributed by atoms with van der Waals surface area (Å²) in [4.78, 5) is 11.5. The first-order valence-electron chi connectivity index (χ1n) is 9.65. The molecule has 3 atom stereocenters. The van der Waals surface area contributed by atoms with E-state index in [1.54, 1.807) is 0 Å². The summed E-state index contributed by atoms with van der Waals surface area (Å²) in [7, 11) is 0. The number of hydrogen-bond donors (Lipinski definition) is 0. The number of ether oxygens (including phenoxy) is 1. The SMILES string of the molecule is CCCCCCCCC(C)CC(C)CC(C)CC(=O)OCC. The monoisotopic (exact) mass is 312 g/mol. The van der Waals surface area contributed by atoms with Gasteiger partial charge in [0.1, 0.15) is 0 Å². The minimum absolute atomic E-state index is 0.0395. The summed E-state index contributed by atoms with van der Waals surface area (Å²) in [5.41, 5.74) is 0. The van der Waals surface area contributed by atoms with Crippen LogP contribution in [0, 0.1) is 17.8 Å². The van der Waals surface area contributed by atoms with Gasteiger partial charge in [-0.05, 0) is 37.5 Å². The Balaban J connectivity index is 3.67. The van der Waals surface area contributed by atoms with Crippen molar-refractivity contribution in [2.75, 3.05) is 6.61 Å². The quantitative estimate of drug-likeness (QED) is 0.275. The third kappa shape index (κ3) is 13.2. The lowest BCUT2D eigenvalue weighted by molar-refractivity contribution is -0.144. The Morgan fingerprint density at radius 3 is 2.05 bits per heavy atom. The van der Waals surface area contributed by atoms with Crippen molar-refractivity contribution in [2.45, 2.75) is 98.8 Å². The van der Waals surface area contributed by atoms with Crippen LogP contribution in [0.1, 0.15) is 98.8 Å². The third-order valence-corrected chi connectivity index (χ3v) is 4.48. The molecule has 2 heteroatoms. The van der Waals surface area contributed by atoms with E-state index in [1.807, 2.05) is 6.92 Å². The van der Waals surface area contributed by atoms with E-state index in [2.05, 4.69) is 27.7 Å². The third-order valence-electron chi connectivity index (χ3n) is 4.48. The van der Waals surface area contributed by atoms with Crippen LogP contribution >= 0.6 is 0 Å². The second kappa shape index (κ2) is 14.1. The highest BCUT2D eigenvalue weighted by molar-refractivity contribution is 5.69. The highest BCUT2D eigenvalue weighted by Crippen LogP contribution is 2.24. The predicted octanol–water partition coefficient (Wildman–Crippen LogP) is 6.38. The maximum atomic E-state index is 11.5. The van der Waals surface area contributed by atoms with Crippen LogP contribution in [0.15, 0.2) is 0 Å². The highest BCUT2D eigenvalue weighted by atomic mass is 16.5. The van der Waals surface area contributed by atoms with E-state index in [-0.39, 0.29) is 5.97 Å². The Hall–Kier alpha value is -0.530. The van der Waals surface area contributed by atoms with E-state index >= 15 is 0 Å². The number of unbranched alkanes of at least 4 members (excludes halogenated alkanes) is 5. The van der Waals surface area contributed by atoms with Crippen LogP contribution in [0.5, 0.6) is 0 Å². The maximum absolute atomic E-state index is 11.5. The van der Waals surface area contributed by atoms with Crippen LogP contribution in [-0.4, -0.2) is 12.6 Å². The van der Waals surface area contributed by atoms with Crippen LogP contribution in [0.2, 0.25) is 0 Å². The van der Waals surface area contributed by atoms with Gasteiger partial charge < -0.3 is 4.74 Å². The zero-order valence-corrected chi connectivity index (χ0v) is 15.8. The molecule has 0 aliphatic rings. The molecule has 0 spiro atoms. The molecule has 0 aromatic heterocycles. The molecule has 0 saturated carbocycles. The molecule has 0 rings (SSSR count). The van der Waals surface area contributed by atoms with Crippen molar-refractivity contribution in [2.24, 2.45) is 17.8 Å². The van der Waals surface area contributed by atoms with Crippen LogP contribution in [0.25, 0.3) is 0 Å². The van der Waals surface area contributed by atoms with Crippen molar-refractivity contribution in [3.8, 4) is 0 Å². The molecule has 0 radical (unpaired) electrons. The van der Waals surface area contributed by atoms with Crippen LogP contribution in [-0.2, 0) is 9.53 Å². The summed E-state index contributed by atoms with van der Waals surface area (Å²) in [6.45, 7) is 11.5. The molecular formula is C20H40O2. The zero-order valence-electron chi connectivity index (χ0n) is 15.8. The molecule has 22 heavy (non-hydrogen) atoms. The van der Waals surface area contributed by atoms with Crippen LogP contribution in [0.4, 0.5) is 0 Å². The molecule has 0 fully saturated rings. The van der Waals surface area contributed by atoms with Gasteiger partial charge in [0.15, 0.2) is 0 Å². The van der Waals surface area contributed by atoms with Crippen LogP contribution in [0.3, 0.4) is 0 Å². The summed E-state index contributed by atoms with van der Waals surface area (Å²) in [6.07, 6.45) is 12.7. The fraction of sp³-hybridized carbons (Fsp3) is 0.950. The zero-order chi connectivity index (χ0) is 16.8. The maximum Gasteiger partial charge on any atom is 0.306 e. The molecule has 3 unspecified atom stereocenters. The van der Waals surface area contributed by atoms with Crippen molar-refractivity contribution in [3.05, 3.63) is 0 Å². The summed E-state index contributed by atoms with van der Waals surface area (Å²) < 4.78 is 5.03. The molecule has 0 aromatic rings. The van der Waals surface area contributed by atoms with E-state index in [4.69, 9.17) is 4.74 Å². The van der Waals surface area contributed by atoms with Crippen molar-refractivity contribution in [1.29, 1.82) is 0 Å². The molecular weight excluding hydrogens is 272 g/mol. The number of esters is 1. The van der Waals surface area contributed by atoms with Gasteiger partial charge in [0.2, 0.25) is 0 Å². The van der Waals surface area contributed by atoms with E-state index < -0.39 is 0 Å². The largest absolute Gasteiger partial charge is 0.466 e. The lowest BCUT2D eigenvalue weighted by atomic mass is 9.86. The van der Waals surface area contributed by atoms with E-state index in [9.17, 15) is 4.79 Å². The summed E-state index contributed by atoms with van der Waals surface area (Å²) in [5.74, 6) is 1.92. The second-order valence-electron chi connectivity index (χ2n) is 7.35. The summed E-state index contributed by atoms with van der Waals surface area (Å²) in [5, 5.41) is 0. The van der Waals surface area contributed by atoms with E-state index in [1.165, 1.54) is 51.4 Å². The van der Waals surface area contributed by atoms with Gasteiger partial charge in [0, 0.05) is 6.42 Å². The molecule has 0 bridgehead atoms. The second-order valence-corrected chi connectivity index (χ2v) is 7.35. The van der Waals surface area contributed by atoms with Gasteiger partial charge in [-0.1, -0.05) is 72.6 Å². The first-order chi connectivity index (χ1) is 10.5. The minimum atomic E-state index is -0.0395. The molecule has 0 saturated heterocycles. The Labute approximate surface area is 139 Å². The average Bonchev–Trinajstić information content (AvgIpc) is 2.42. The van der Waals surface area contributed by atoms with Gasteiger partial charge in [-0.25, -0.2) is 0 Å². The molecule has 0 aromatic carbocycles. The van der Waals surface area contributed by atoms with E-state index in [0.29, 0.717) is 24.9 Å². The number of rotatable bonds is 14. The Morgan fingerprint density at radius 1 is 0.818 bits per heavy atom. The molecule has 0 N–H and O–H groups in total. The van der Waals surface area contributed by atoms with Gasteiger partial charge >= 0.3 is 5.97 Å². The van der Waals surface area contributed by atoms with Gasteiger partial charge in [0.25, 0.3) is 0 Å². The molecule has 0 amide bonds. The van der Waals surface area contributed by atoms with Gasteiger partial charge in [-0.2, -0.15) is 0 Å². The number of hydrogen-bond acceptors (Lipinski definition) is 2. The summed E-state index contributed by atoms with van der Waals surface area (Å²) in [6, 6.07) is 0. The number of carbonyl (C=O) groups excluding carboxylic acids is 1. The lowest BCUT2D eigenvalue weighted by Crippen LogP contribution is -2.13. The highest BCUT2D eigenvalue weighted by Gasteiger charge is 2.15. The molecule has 132 valence electrons. The fourth-order valence-corrected chi connectivity index (χ4v) is 3.45. The van der Waals surface area contributed by atoms with Crippen molar-refractivity contribution in [3.63, 3.8) is 0 Å². The molecule has 0 heterocycles.